The molecule has 118 valence electrons. The lowest BCUT2D eigenvalue weighted by molar-refractivity contribution is 0.0956. The number of hydrogen-bond donors (Lipinski definition) is 2. The standard InChI is InChI=1S/C13H22N4O3S/c1-4-6-15-12-5-7-14-10-11(12)13(18)16-8-9-21(19,20)17(2)3/h5,7,10H,4,6,8-9H2,1-3H3,(H,14,15)(H,16,18). The highest BCUT2D eigenvalue weighted by atomic mass is 32.2. The fourth-order valence-electron chi connectivity index (χ4n) is 1.56. The maximum absolute atomic E-state index is 12.1. The quantitative estimate of drug-likeness (QED) is 0.730. The van der Waals surface area contributed by atoms with Crippen LogP contribution in [0.4, 0.5) is 5.69 Å². The molecule has 0 atom stereocenters. The van der Waals surface area contributed by atoms with E-state index in [1.165, 1.54) is 20.3 Å². The van der Waals surface area contributed by atoms with Crippen molar-refractivity contribution in [3.8, 4) is 0 Å². The van der Waals surface area contributed by atoms with Gasteiger partial charge in [-0.25, -0.2) is 12.7 Å². The van der Waals surface area contributed by atoms with Gasteiger partial charge in [0.1, 0.15) is 0 Å². The zero-order valence-corrected chi connectivity index (χ0v) is 13.4. The molecule has 21 heavy (non-hydrogen) atoms. The molecule has 0 fully saturated rings. The molecular weight excluding hydrogens is 292 g/mol. The van der Waals surface area contributed by atoms with Gasteiger partial charge in [0.05, 0.1) is 17.0 Å². The Morgan fingerprint density at radius 2 is 2.05 bits per heavy atom. The number of anilines is 1. The fourth-order valence-corrected chi connectivity index (χ4v) is 2.29. The Hall–Kier alpha value is -1.67. The number of rotatable bonds is 8. The lowest BCUT2D eigenvalue weighted by atomic mass is 10.2. The Morgan fingerprint density at radius 1 is 1.33 bits per heavy atom. The van der Waals surface area contributed by atoms with Crippen LogP contribution < -0.4 is 10.6 Å². The summed E-state index contributed by atoms with van der Waals surface area (Å²) in [5, 5.41) is 5.74. The van der Waals surface area contributed by atoms with Gasteiger partial charge < -0.3 is 10.6 Å². The molecule has 8 heteroatoms. The van der Waals surface area contributed by atoms with Crippen molar-refractivity contribution >= 4 is 21.6 Å². The van der Waals surface area contributed by atoms with E-state index in [4.69, 9.17) is 0 Å². The number of carbonyl (C=O) groups excluding carboxylic acids is 1. The summed E-state index contributed by atoms with van der Waals surface area (Å²) in [6.07, 6.45) is 4.00. The minimum Gasteiger partial charge on any atom is -0.384 e. The lowest BCUT2D eigenvalue weighted by Gasteiger charge is -2.13. The fraction of sp³-hybridized carbons (Fsp3) is 0.538. The second-order valence-electron chi connectivity index (χ2n) is 4.70. The van der Waals surface area contributed by atoms with E-state index in [2.05, 4.69) is 15.6 Å². The number of pyridine rings is 1. The Morgan fingerprint density at radius 3 is 2.67 bits per heavy atom. The molecule has 1 amide bonds. The van der Waals surface area contributed by atoms with E-state index in [0.29, 0.717) is 11.3 Å². The summed E-state index contributed by atoms with van der Waals surface area (Å²) >= 11 is 0. The summed E-state index contributed by atoms with van der Waals surface area (Å²) in [5.41, 5.74) is 1.10. The van der Waals surface area contributed by atoms with E-state index in [1.54, 1.807) is 12.3 Å². The van der Waals surface area contributed by atoms with Gasteiger partial charge in [-0.1, -0.05) is 6.92 Å². The summed E-state index contributed by atoms with van der Waals surface area (Å²) in [4.78, 5) is 16.0. The summed E-state index contributed by atoms with van der Waals surface area (Å²) in [6, 6.07) is 1.72. The van der Waals surface area contributed by atoms with E-state index in [1.807, 2.05) is 6.92 Å². The maximum Gasteiger partial charge on any atom is 0.254 e. The van der Waals surface area contributed by atoms with Gasteiger partial charge >= 0.3 is 0 Å². The molecule has 1 aromatic rings. The number of nitrogens with one attached hydrogen (secondary N) is 2. The maximum atomic E-state index is 12.1. The van der Waals surface area contributed by atoms with Crippen LogP contribution in [0.25, 0.3) is 0 Å². The van der Waals surface area contributed by atoms with E-state index in [0.717, 1.165) is 17.3 Å². The van der Waals surface area contributed by atoms with Crippen LogP contribution in [0.1, 0.15) is 23.7 Å². The number of amides is 1. The van der Waals surface area contributed by atoms with Crippen LogP contribution in [0.15, 0.2) is 18.5 Å². The van der Waals surface area contributed by atoms with Gasteiger partial charge in [0, 0.05) is 39.6 Å². The number of nitrogens with zero attached hydrogens (tertiary/aromatic N) is 2. The van der Waals surface area contributed by atoms with E-state index in [9.17, 15) is 13.2 Å². The van der Waals surface area contributed by atoms with Gasteiger partial charge in [0.25, 0.3) is 5.91 Å². The smallest absolute Gasteiger partial charge is 0.254 e. The minimum atomic E-state index is -3.31. The molecule has 7 nitrogen and oxygen atoms in total. The highest BCUT2D eigenvalue weighted by molar-refractivity contribution is 7.89. The molecule has 2 N–H and O–H groups in total. The first kappa shape index (κ1) is 17.4. The Kier molecular flexibility index (Phi) is 6.57. The number of hydrogen-bond acceptors (Lipinski definition) is 5. The molecule has 0 unspecified atom stereocenters. The van der Waals surface area contributed by atoms with Crippen LogP contribution in [0.2, 0.25) is 0 Å². The first-order chi connectivity index (χ1) is 9.88. The molecule has 1 heterocycles. The molecule has 0 aliphatic heterocycles. The molecule has 0 spiro atoms. The van der Waals surface area contributed by atoms with Crippen LogP contribution in [0.3, 0.4) is 0 Å². The zero-order valence-electron chi connectivity index (χ0n) is 12.6. The lowest BCUT2D eigenvalue weighted by Crippen LogP contribution is -2.34. The molecule has 1 rings (SSSR count). The first-order valence-electron chi connectivity index (χ1n) is 6.74. The zero-order chi connectivity index (χ0) is 15.9. The summed E-state index contributed by atoms with van der Waals surface area (Å²) < 4.78 is 24.3. The Balaban J connectivity index is 2.64. The van der Waals surface area contributed by atoms with Crippen molar-refractivity contribution in [1.29, 1.82) is 0 Å². The molecule has 1 aromatic heterocycles. The van der Waals surface area contributed by atoms with Gasteiger partial charge in [-0.15, -0.1) is 0 Å². The van der Waals surface area contributed by atoms with E-state index >= 15 is 0 Å². The van der Waals surface area contributed by atoms with E-state index in [-0.39, 0.29) is 18.2 Å². The molecule has 0 bridgehead atoms. The largest absolute Gasteiger partial charge is 0.384 e. The number of carbonyl (C=O) groups is 1. The van der Waals surface area contributed by atoms with Crippen LogP contribution in [-0.4, -0.2) is 56.6 Å². The van der Waals surface area contributed by atoms with Crippen molar-refractivity contribution in [2.24, 2.45) is 0 Å². The van der Waals surface area contributed by atoms with Gasteiger partial charge in [-0.3, -0.25) is 9.78 Å². The molecule has 0 aromatic carbocycles. The Labute approximate surface area is 125 Å². The van der Waals surface area contributed by atoms with Crippen molar-refractivity contribution in [3.05, 3.63) is 24.0 Å². The third-order valence-corrected chi connectivity index (χ3v) is 4.67. The van der Waals surface area contributed by atoms with Crippen LogP contribution >= 0.6 is 0 Å². The van der Waals surface area contributed by atoms with E-state index < -0.39 is 10.0 Å². The first-order valence-corrected chi connectivity index (χ1v) is 8.35. The number of aromatic nitrogens is 1. The highest BCUT2D eigenvalue weighted by Crippen LogP contribution is 2.13. The average Bonchev–Trinajstić information content (AvgIpc) is 2.45. The second-order valence-corrected chi connectivity index (χ2v) is 7.00. The van der Waals surface area contributed by atoms with Gasteiger partial charge in [0.2, 0.25) is 10.0 Å². The molecule has 0 saturated heterocycles. The molecule has 0 aliphatic rings. The topological polar surface area (TPSA) is 91.4 Å². The molecule has 0 aliphatic carbocycles. The highest BCUT2D eigenvalue weighted by Gasteiger charge is 2.15. The third-order valence-electron chi connectivity index (χ3n) is 2.83. The van der Waals surface area contributed by atoms with Gasteiger partial charge in [-0.05, 0) is 12.5 Å². The monoisotopic (exact) mass is 314 g/mol. The summed E-state index contributed by atoms with van der Waals surface area (Å²) in [5.74, 6) is -0.473. The second kappa shape index (κ2) is 7.94. The van der Waals surface area contributed by atoms with Crippen molar-refractivity contribution in [3.63, 3.8) is 0 Å². The minimum absolute atomic E-state index is 0.0570. The van der Waals surface area contributed by atoms with Crippen LogP contribution in [0, 0.1) is 0 Å². The predicted molar refractivity (Wildman–Crippen MR) is 82.8 cm³/mol. The normalized spacial score (nSPS) is 11.4. The van der Waals surface area contributed by atoms with Gasteiger partial charge in [0.15, 0.2) is 0 Å². The van der Waals surface area contributed by atoms with Crippen molar-refractivity contribution in [1.82, 2.24) is 14.6 Å². The Bertz CT molecular complexity index is 573. The van der Waals surface area contributed by atoms with Crippen LogP contribution in [0.5, 0.6) is 0 Å². The SMILES string of the molecule is CCCNc1ccncc1C(=O)NCCS(=O)(=O)N(C)C. The van der Waals surface area contributed by atoms with Crippen molar-refractivity contribution < 1.29 is 13.2 Å². The average molecular weight is 314 g/mol. The van der Waals surface area contributed by atoms with Crippen LogP contribution in [-0.2, 0) is 10.0 Å². The molecule has 0 saturated carbocycles. The summed E-state index contributed by atoms with van der Waals surface area (Å²) in [6.45, 7) is 2.83. The third kappa shape index (κ3) is 5.31. The van der Waals surface area contributed by atoms with Crippen molar-refractivity contribution in [2.45, 2.75) is 13.3 Å². The van der Waals surface area contributed by atoms with Crippen molar-refractivity contribution in [2.75, 3.05) is 38.3 Å². The van der Waals surface area contributed by atoms with Gasteiger partial charge in [-0.2, -0.15) is 0 Å². The molecular formula is C13H22N4O3S. The molecule has 0 radical (unpaired) electrons. The predicted octanol–water partition coefficient (Wildman–Crippen LogP) is 0.525. The summed E-state index contributed by atoms with van der Waals surface area (Å²) in [7, 11) is -0.386. The number of sulfonamides is 1.